The summed E-state index contributed by atoms with van der Waals surface area (Å²) in [4.78, 5) is 24.6. The first kappa shape index (κ1) is 19.3. The second-order valence-electron chi connectivity index (χ2n) is 5.73. The highest BCUT2D eigenvalue weighted by molar-refractivity contribution is 6.00. The van der Waals surface area contributed by atoms with E-state index in [9.17, 15) is 9.59 Å². The summed E-state index contributed by atoms with van der Waals surface area (Å²) in [7, 11) is 4.41. The summed E-state index contributed by atoms with van der Waals surface area (Å²) in [6.45, 7) is 3.38. The molecule has 26 heavy (non-hydrogen) atoms. The van der Waals surface area contributed by atoms with Crippen molar-refractivity contribution in [3.63, 3.8) is 0 Å². The average molecular weight is 358 g/mol. The van der Waals surface area contributed by atoms with Gasteiger partial charge in [-0.25, -0.2) is 4.79 Å². The van der Waals surface area contributed by atoms with Crippen LogP contribution in [0.4, 0.5) is 0 Å². The van der Waals surface area contributed by atoms with Crippen molar-refractivity contribution in [2.75, 3.05) is 27.9 Å². The van der Waals surface area contributed by atoms with Gasteiger partial charge in [0, 0.05) is 5.56 Å². The number of hydrogen-bond donors (Lipinski definition) is 0. The van der Waals surface area contributed by atoms with Gasteiger partial charge in [-0.1, -0.05) is 17.7 Å². The van der Waals surface area contributed by atoms with Crippen LogP contribution in [0.2, 0.25) is 0 Å². The number of carbonyl (C=O) groups excluding carboxylic acids is 2. The number of esters is 1. The minimum Gasteiger partial charge on any atom is -0.493 e. The third-order valence-electron chi connectivity index (χ3n) is 3.92. The number of hydrogen-bond acceptors (Lipinski definition) is 6. The molecule has 0 saturated heterocycles. The zero-order valence-corrected chi connectivity index (χ0v) is 15.5. The van der Waals surface area contributed by atoms with E-state index < -0.39 is 5.97 Å². The number of aryl methyl sites for hydroxylation is 2. The van der Waals surface area contributed by atoms with Gasteiger partial charge in [-0.05, 0) is 37.6 Å². The van der Waals surface area contributed by atoms with Crippen LogP contribution in [0.15, 0.2) is 30.3 Å². The fourth-order valence-electron chi connectivity index (χ4n) is 2.58. The van der Waals surface area contributed by atoms with Crippen molar-refractivity contribution in [1.29, 1.82) is 0 Å². The third kappa shape index (κ3) is 4.14. The maximum Gasteiger partial charge on any atom is 0.338 e. The van der Waals surface area contributed by atoms with Crippen molar-refractivity contribution < 1.29 is 28.5 Å². The highest BCUT2D eigenvalue weighted by atomic mass is 16.5. The first-order valence-corrected chi connectivity index (χ1v) is 7.98. The number of benzene rings is 2. The zero-order valence-electron chi connectivity index (χ0n) is 15.5. The Kier molecular flexibility index (Phi) is 6.22. The fraction of sp³-hybridized carbons (Fsp3) is 0.300. The number of ketones is 1. The molecule has 0 bridgehead atoms. The van der Waals surface area contributed by atoms with Crippen LogP contribution in [0, 0.1) is 13.8 Å². The fourth-order valence-corrected chi connectivity index (χ4v) is 2.58. The molecule has 0 heterocycles. The maximum absolute atomic E-state index is 12.4. The SMILES string of the molecule is COc1cc(C(=O)COC(=O)c2ccc(C)cc2C)cc(OC)c1OC. The molecule has 0 aliphatic rings. The normalized spacial score (nSPS) is 10.2. The van der Waals surface area contributed by atoms with Gasteiger partial charge in [-0.15, -0.1) is 0 Å². The molecule has 0 unspecified atom stereocenters. The lowest BCUT2D eigenvalue weighted by molar-refractivity contribution is 0.0474. The standard InChI is InChI=1S/C20H22O6/c1-12-6-7-15(13(2)8-12)20(22)26-11-16(21)14-9-17(23-3)19(25-5)18(10-14)24-4/h6-10H,11H2,1-5H3. The molecule has 0 amide bonds. The summed E-state index contributed by atoms with van der Waals surface area (Å²) in [5, 5.41) is 0. The van der Waals surface area contributed by atoms with Crippen LogP contribution in [0.25, 0.3) is 0 Å². The van der Waals surface area contributed by atoms with Crippen LogP contribution in [0.5, 0.6) is 17.2 Å². The quantitative estimate of drug-likeness (QED) is 0.558. The minimum atomic E-state index is -0.539. The molecule has 138 valence electrons. The molecule has 2 aromatic carbocycles. The molecule has 6 heteroatoms. The van der Waals surface area contributed by atoms with Crippen molar-refractivity contribution in [3.05, 3.63) is 52.6 Å². The Morgan fingerprint density at radius 3 is 2.00 bits per heavy atom. The van der Waals surface area contributed by atoms with Gasteiger partial charge in [0.05, 0.1) is 26.9 Å². The molecule has 0 atom stereocenters. The predicted molar refractivity (Wildman–Crippen MR) is 96.6 cm³/mol. The van der Waals surface area contributed by atoms with E-state index in [0.717, 1.165) is 11.1 Å². The lowest BCUT2D eigenvalue weighted by Crippen LogP contribution is -2.15. The molecule has 0 aromatic heterocycles. The Bertz CT molecular complexity index is 800. The lowest BCUT2D eigenvalue weighted by atomic mass is 10.1. The van der Waals surface area contributed by atoms with E-state index in [-0.39, 0.29) is 12.4 Å². The summed E-state index contributed by atoms with van der Waals surface area (Å²) in [5.41, 5.74) is 2.59. The Morgan fingerprint density at radius 1 is 0.885 bits per heavy atom. The highest BCUT2D eigenvalue weighted by Gasteiger charge is 2.19. The van der Waals surface area contributed by atoms with Gasteiger partial charge in [0.25, 0.3) is 0 Å². The lowest BCUT2D eigenvalue weighted by Gasteiger charge is -2.14. The second kappa shape index (κ2) is 8.38. The van der Waals surface area contributed by atoms with Crippen LogP contribution in [0.1, 0.15) is 31.8 Å². The Morgan fingerprint density at radius 2 is 1.50 bits per heavy atom. The summed E-state index contributed by atoms with van der Waals surface area (Å²) in [6.07, 6.45) is 0. The first-order valence-electron chi connectivity index (χ1n) is 7.98. The van der Waals surface area contributed by atoms with E-state index in [2.05, 4.69) is 0 Å². The number of methoxy groups -OCH3 is 3. The molecule has 2 aromatic rings. The molecule has 0 saturated carbocycles. The summed E-state index contributed by atoms with van der Waals surface area (Å²) < 4.78 is 20.8. The average Bonchev–Trinajstić information content (AvgIpc) is 2.64. The van der Waals surface area contributed by atoms with Crippen LogP contribution < -0.4 is 14.2 Å². The molecular formula is C20H22O6. The Balaban J connectivity index is 2.16. The van der Waals surface area contributed by atoms with E-state index in [1.807, 2.05) is 26.0 Å². The van der Waals surface area contributed by atoms with Crippen molar-refractivity contribution in [3.8, 4) is 17.2 Å². The smallest absolute Gasteiger partial charge is 0.338 e. The second-order valence-corrected chi connectivity index (χ2v) is 5.73. The van der Waals surface area contributed by atoms with Crippen molar-refractivity contribution in [2.24, 2.45) is 0 Å². The van der Waals surface area contributed by atoms with Gasteiger partial charge >= 0.3 is 5.97 Å². The van der Waals surface area contributed by atoms with E-state index in [0.29, 0.717) is 28.4 Å². The maximum atomic E-state index is 12.4. The third-order valence-corrected chi connectivity index (χ3v) is 3.92. The molecule has 0 spiro atoms. The molecule has 0 N–H and O–H groups in total. The van der Waals surface area contributed by atoms with Gasteiger partial charge in [0.1, 0.15) is 0 Å². The van der Waals surface area contributed by atoms with Crippen molar-refractivity contribution >= 4 is 11.8 Å². The van der Waals surface area contributed by atoms with Crippen LogP contribution in [-0.4, -0.2) is 39.7 Å². The summed E-state index contributed by atoms with van der Waals surface area (Å²) in [5.74, 6) is 0.191. The van der Waals surface area contributed by atoms with Gasteiger partial charge in [-0.2, -0.15) is 0 Å². The van der Waals surface area contributed by atoms with Gasteiger partial charge < -0.3 is 18.9 Å². The molecule has 0 radical (unpaired) electrons. The highest BCUT2D eigenvalue weighted by Crippen LogP contribution is 2.38. The van der Waals surface area contributed by atoms with E-state index >= 15 is 0 Å². The molecule has 2 rings (SSSR count). The van der Waals surface area contributed by atoms with Crippen molar-refractivity contribution in [1.82, 2.24) is 0 Å². The minimum absolute atomic E-state index is 0.299. The molecule has 0 fully saturated rings. The Labute approximate surface area is 152 Å². The van der Waals surface area contributed by atoms with Crippen LogP contribution >= 0.6 is 0 Å². The number of Topliss-reactive ketones (excluding diaryl/α,β-unsaturated/α-hetero) is 1. The van der Waals surface area contributed by atoms with E-state index in [1.165, 1.54) is 33.5 Å². The van der Waals surface area contributed by atoms with Crippen LogP contribution in [0.3, 0.4) is 0 Å². The summed E-state index contributed by atoms with van der Waals surface area (Å²) >= 11 is 0. The van der Waals surface area contributed by atoms with Gasteiger partial charge in [0.15, 0.2) is 18.1 Å². The molecule has 0 aliphatic heterocycles. The molecule has 0 aliphatic carbocycles. The molecular weight excluding hydrogens is 336 g/mol. The number of rotatable bonds is 7. The topological polar surface area (TPSA) is 71.1 Å². The number of carbonyl (C=O) groups is 2. The number of ether oxygens (including phenoxy) is 4. The van der Waals surface area contributed by atoms with Gasteiger partial charge in [0.2, 0.25) is 11.5 Å². The zero-order chi connectivity index (χ0) is 19.3. The van der Waals surface area contributed by atoms with Gasteiger partial charge in [-0.3, -0.25) is 4.79 Å². The largest absolute Gasteiger partial charge is 0.493 e. The predicted octanol–water partition coefficient (Wildman–Crippen LogP) is 3.37. The molecule has 6 nitrogen and oxygen atoms in total. The van der Waals surface area contributed by atoms with Crippen LogP contribution in [-0.2, 0) is 4.74 Å². The summed E-state index contributed by atoms with van der Waals surface area (Å²) in [6, 6.07) is 8.45. The van der Waals surface area contributed by atoms with Crippen molar-refractivity contribution in [2.45, 2.75) is 13.8 Å². The first-order chi connectivity index (χ1) is 12.4. The van der Waals surface area contributed by atoms with E-state index in [4.69, 9.17) is 18.9 Å². The monoisotopic (exact) mass is 358 g/mol. The Hall–Kier alpha value is -3.02. The van der Waals surface area contributed by atoms with E-state index in [1.54, 1.807) is 6.07 Å².